The number of carbonyl (C=O) groups excluding carboxylic acids is 2. The Morgan fingerprint density at radius 2 is 1.57 bits per heavy atom. The summed E-state index contributed by atoms with van der Waals surface area (Å²) in [6.07, 6.45) is 1.37. The average Bonchev–Trinajstić information content (AvgIpc) is 3.28. The molecule has 5 rings (SSSR count). The number of halogens is 2. The van der Waals surface area contributed by atoms with Gasteiger partial charge in [-0.2, -0.15) is 0 Å². The van der Waals surface area contributed by atoms with E-state index in [1.54, 1.807) is 34.2 Å². The number of fused-ring (bicyclic) bond motifs is 1. The Morgan fingerprint density at radius 1 is 0.881 bits per heavy atom. The van der Waals surface area contributed by atoms with Crippen LogP contribution >= 0.6 is 23.2 Å². The van der Waals surface area contributed by atoms with Gasteiger partial charge >= 0.3 is 6.09 Å². The number of carbonyl (C=O) groups is 2. The lowest BCUT2D eigenvalue weighted by atomic mass is 10.2. The Kier molecular flexibility index (Phi) is 8.25. The number of aromatic nitrogens is 2. The van der Waals surface area contributed by atoms with E-state index in [9.17, 15) is 9.59 Å². The largest absolute Gasteiger partial charge is 0.444 e. The van der Waals surface area contributed by atoms with Crippen molar-refractivity contribution in [2.24, 2.45) is 7.05 Å². The maximum atomic E-state index is 13.4. The fourth-order valence-corrected chi connectivity index (χ4v) is 5.06. The topological polar surface area (TPSA) is 80.1 Å². The van der Waals surface area contributed by atoms with Crippen LogP contribution in [0.25, 0.3) is 10.9 Å². The van der Waals surface area contributed by atoms with Gasteiger partial charge in [-0.1, -0.05) is 23.2 Å². The molecule has 0 N–H and O–H groups in total. The van der Waals surface area contributed by atoms with E-state index in [4.69, 9.17) is 32.7 Å². The van der Waals surface area contributed by atoms with E-state index in [1.807, 2.05) is 80.7 Å². The summed E-state index contributed by atoms with van der Waals surface area (Å²) in [5.74, 6) is 0.968. The summed E-state index contributed by atoms with van der Waals surface area (Å²) in [7, 11) is 3.79. The predicted octanol–water partition coefficient (Wildman–Crippen LogP) is 7.13. The molecule has 0 saturated carbocycles. The van der Waals surface area contributed by atoms with Gasteiger partial charge in [0.15, 0.2) is 0 Å². The first kappa shape index (κ1) is 29.5. The SMILES string of the molecule is CN(c1ccc(Oc2ccc3c(c2)cc(C(=O)N2CCN(C(=O)OC(C)(C)C)CC2)n3C)nc1)c1ccc(Cl)c(Cl)c1. The van der Waals surface area contributed by atoms with Crippen LogP contribution in [0.5, 0.6) is 11.6 Å². The number of amides is 2. The average molecular weight is 611 g/mol. The van der Waals surface area contributed by atoms with Crippen molar-refractivity contribution in [3.05, 3.63) is 76.5 Å². The summed E-state index contributed by atoms with van der Waals surface area (Å²) in [6.45, 7) is 7.26. The van der Waals surface area contributed by atoms with E-state index < -0.39 is 5.60 Å². The third-order valence-electron chi connectivity index (χ3n) is 7.07. The number of hydrogen-bond acceptors (Lipinski definition) is 6. The molecule has 11 heteroatoms. The Bertz CT molecular complexity index is 1620. The van der Waals surface area contributed by atoms with Crippen molar-refractivity contribution in [2.75, 3.05) is 38.1 Å². The molecule has 0 radical (unpaired) electrons. The highest BCUT2D eigenvalue weighted by atomic mass is 35.5. The normalized spacial score (nSPS) is 13.8. The second-order valence-electron chi connectivity index (χ2n) is 11.2. The summed E-state index contributed by atoms with van der Waals surface area (Å²) in [5, 5.41) is 1.86. The van der Waals surface area contributed by atoms with Gasteiger partial charge in [-0.15, -0.1) is 0 Å². The fourth-order valence-electron chi connectivity index (χ4n) is 4.77. The van der Waals surface area contributed by atoms with E-state index in [2.05, 4.69) is 4.98 Å². The maximum Gasteiger partial charge on any atom is 0.410 e. The third kappa shape index (κ3) is 6.42. The molecule has 42 heavy (non-hydrogen) atoms. The molecule has 4 aromatic rings. The monoisotopic (exact) mass is 609 g/mol. The van der Waals surface area contributed by atoms with Crippen LogP contribution in [-0.4, -0.2) is 70.2 Å². The fraction of sp³-hybridized carbons (Fsp3) is 0.323. The molecule has 0 aliphatic carbocycles. The lowest BCUT2D eigenvalue weighted by molar-refractivity contribution is 0.0139. The molecule has 9 nitrogen and oxygen atoms in total. The molecular weight excluding hydrogens is 577 g/mol. The highest BCUT2D eigenvalue weighted by molar-refractivity contribution is 6.42. The Hall–Kier alpha value is -3.95. The molecule has 2 amide bonds. The van der Waals surface area contributed by atoms with Crippen molar-refractivity contribution in [1.29, 1.82) is 0 Å². The molecule has 0 spiro atoms. The minimum Gasteiger partial charge on any atom is -0.444 e. The number of benzene rings is 2. The van der Waals surface area contributed by atoms with Crippen LogP contribution in [-0.2, 0) is 11.8 Å². The number of piperazine rings is 1. The second kappa shape index (κ2) is 11.7. The minimum atomic E-state index is -0.556. The number of ether oxygens (including phenoxy) is 2. The molecule has 0 unspecified atom stereocenters. The number of aryl methyl sites for hydroxylation is 1. The number of rotatable bonds is 5. The molecule has 0 bridgehead atoms. The quantitative estimate of drug-likeness (QED) is 0.239. The van der Waals surface area contributed by atoms with E-state index in [0.717, 1.165) is 22.3 Å². The zero-order valence-electron chi connectivity index (χ0n) is 24.2. The van der Waals surface area contributed by atoms with Gasteiger partial charge in [0, 0.05) is 62.9 Å². The van der Waals surface area contributed by atoms with Crippen molar-refractivity contribution < 1.29 is 19.1 Å². The third-order valence-corrected chi connectivity index (χ3v) is 7.81. The van der Waals surface area contributed by atoms with Crippen LogP contribution in [0.2, 0.25) is 10.0 Å². The van der Waals surface area contributed by atoms with Gasteiger partial charge in [0.25, 0.3) is 5.91 Å². The summed E-state index contributed by atoms with van der Waals surface area (Å²) < 4.78 is 13.4. The minimum absolute atomic E-state index is 0.0802. The molecule has 2 aromatic carbocycles. The molecule has 0 atom stereocenters. The Balaban J connectivity index is 1.25. The van der Waals surface area contributed by atoms with Crippen molar-refractivity contribution in [3.8, 4) is 11.6 Å². The Morgan fingerprint density at radius 3 is 2.21 bits per heavy atom. The molecule has 1 aliphatic rings. The van der Waals surface area contributed by atoms with E-state index in [1.165, 1.54) is 0 Å². The molecule has 2 aromatic heterocycles. The van der Waals surface area contributed by atoms with Crippen LogP contribution in [0.1, 0.15) is 31.3 Å². The first-order valence-electron chi connectivity index (χ1n) is 13.6. The summed E-state index contributed by atoms with van der Waals surface area (Å²) in [4.78, 5) is 35.6. The molecule has 3 heterocycles. The summed E-state index contributed by atoms with van der Waals surface area (Å²) >= 11 is 12.2. The van der Waals surface area contributed by atoms with Crippen LogP contribution < -0.4 is 9.64 Å². The molecule has 1 saturated heterocycles. The van der Waals surface area contributed by atoms with Crippen LogP contribution in [0, 0.1) is 0 Å². The van der Waals surface area contributed by atoms with Crippen molar-refractivity contribution in [1.82, 2.24) is 19.4 Å². The van der Waals surface area contributed by atoms with E-state index >= 15 is 0 Å². The smallest absolute Gasteiger partial charge is 0.410 e. The highest BCUT2D eigenvalue weighted by Crippen LogP contribution is 2.32. The number of pyridine rings is 1. The van der Waals surface area contributed by atoms with Gasteiger partial charge in [0.2, 0.25) is 5.88 Å². The zero-order valence-corrected chi connectivity index (χ0v) is 25.7. The van der Waals surface area contributed by atoms with Gasteiger partial charge in [-0.25, -0.2) is 9.78 Å². The maximum absolute atomic E-state index is 13.4. The van der Waals surface area contributed by atoms with Gasteiger partial charge in [-0.3, -0.25) is 4.79 Å². The van der Waals surface area contributed by atoms with Gasteiger partial charge in [-0.05, 0) is 69.3 Å². The highest BCUT2D eigenvalue weighted by Gasteiger charge is 2.29. The number of anilines is 2. The van der Waals surface area contributed by atoms with Crippen molar-refractivity contribution in [2.45, 2.75) is 26.4 Å². The number of hydrogen-bond donors (Lipinski definition) is 0. The Labute approximate surface area is 255 Å². The molecule has 1 aliphatic heterocycles. The molecule has 220 valence electrons. The first-order chi connectivity index (χ1) is 19.9. The van der Waals surface area contributed by atoms with Gasteiger partial charge in [0.1, 0.15) is 17.0 Å². The van der Waals surface area contributed by atoms with Crippen molar-refractivity contribution in [3.63, 3.8) is 0 Å². The lowest BCUT2D eigenvalue weighted by Gasteiger charge is -2.35. The summed E-state index contributed by atoms with van der Waals surface area (Å²) in [5.41, 5.74) is 2.66. The van der Waals surface area contributed by atoms with Gasteiger partial charge < -0.3 is 28.7 Å². The van der Waals surface area contributed by atoms with Gasteiger partial charge in [0.05, 0.1) is 21.9 Å². The molecule has 1 fully saturated rings. The second-order valence-corrected chi connectivity index (χ2v) is 12.0. The zero-order chi connectivity index (χ0) is 30.2. The molecular formula is C31H33Cl2N5O4. The van der Waals surface area contributed by atoms with Crippen LogP contribution in [0.3, 0.4) is 0 Å². The van der Waals surface area contributed by atoms with Crippen LogP contribution in [0.15, 0.2) is 60.8 Å². The first-order valence-corrected chi connectivity index (χ1v) is 14.3. The van der Waals surface area contributed by atoms with E-state index in [0.29, 0.717) is 53.5 Å². The predicted molar refractivity (Wildman–Crippen MR) is 165 cm³/mol. The number of nitrogens with zero attached hydrogens (tertiary/aromatic N) is 5. The van der Waals surface area contributed by atoms with Crippen LogP contribution in [0.4, 0.5) is 16.2 Å². The van der Waals surface area contributed by atoms with E-state index in [-0.39, 0.29) is 12.0 Å². The standard InChI is InChI=1S/C31H33Cl2N5O4/c1-31(2,3)42-30(40)38-14-12-37(13-15-38)29(39)27-17-20-16-23(8-10-26(20)36(27)5)41-28-11-7-22(19-34-28)35(4)21-6-9-24(32)25(33)18-21/h6-11,16-19H,12-15H2,1-5H3. The lowest BCUT2D eigenvalue weighted by Crippen LogP contribution is -2.51. The summed E-state index contributed by atoms with van der Waals surface area (Å²) in [6, 6.07) is 16.7. The van der Waals surface area contributed by atoms with Crippen molar-refractivity contribution >= 4 is 57.5 Å².